The zero-order valence-electron chi connectivity index (χ0n) is 13.6. The van der Waals surface area contributed by atoms with Crippen LogP contribution in [0.2, 0.25) is 0 Å². The van der Waals surface area contributed by atoms with E-state index in [2.05, 4.69) is 47.4 Å². The zero-order valence-corrected chi connectivity index (χ0v) is 15.2. The molecule has 2 aromatic rings. The molecule has 22 heavy (non-hydrogen) atoms. The van der Waals surface area contributed by atoms with E-state index >= 15 is 0 Å². The SMILES string of the molecule is Cc1cc(CSCCNc2nc(N)nn2C)sc1CN(C)C. The Hall–Kier alpha value is -1.25. The molecule has 8 heteroatoms. The van der Waals surface area contributed by atoms with Gasteiger partial charge in [-0.1, -0.05) is 0 Å². The number of nitrogens with zero attached hydrogens (tertiary/aromatic N) is 4. The number of nitrogen functional groups attached to an aromatic ring is 1. The fraction of sp³-hybridized carbons (Fsp3) is 0.571. The van der Waals surface area contributed by atoms with Gasteiger partial charge in [0.25, 0.3) is 0 Å². The first-order valence-corrected chi connectivity index (χ1v) is 9.14. The molecule has 0 fully saturated rings. The van der Waals surface area contributed by atoms with Gasteiger partial charge in [0.05, 0.1) is 0 Å². The van der Waals surface area contributed by atoms with Crippen molar-refractivity contribution in [1.29, 1.82) is 0 Å². The smallest absolute Gasteiger partial charge is 0.241 e. The van der Waals surface area contributed by atoms with Gasteiger partial charge in [-0.3, -0.25) is 0 Å². The van der Waals surface area contributed by atoms with E-state index in [0.29, 0.717) is 5.95 Å². The molecule has 0 amide bonds. The number of rotatable bonds is 8. The predicted octanol–water partition coefficient (Wildman–Crippen LogP) is 2.17. The molecular formula is C14H24N6S2. The van der Waals surface area contributed by atoms with Crippen molar-refractivity contribution >= 4 is 35.0 Å². The highest BCUT2D eigenvalue weighted by Gasteiger charge is 2.07. The maximum atomic E-state index is 5.55. The number of thioether (sulfide) groups is 1. The average Bonchev–Trinajstić information content (AvgIpc) is 2.92. The maximum Gasteiger partial charge on any atom is 0.241 e. The number of thiophene rings is 1. The third kappa shape index (κ3) is 4.89. The first-order valence-electron chi connectivity index (χ1n) is 7.16. The number of anilines is 2. The summed E-state index contributed by atoms with van der Waals surface area (Å²) in [6.07, 6.45) is 0. The molecule has 0 atom stereocenters. The van der Waals surface area contributed by atoms with Gasteiger partial charge < -0.3 is 16.0 Å². The molecule has 2 aromatic heterocycles. The van der Waals surface area contributed by atoms with Gasteiger partial charge in [-0.05, 0) is 32.6 Å². The molecule has 2 rings (SSSR count). The van der Waals surface area contributed by atoms with Crippen LogP contribution in [0.5, 0.6) is 0 Å². The van der Waals surface area contributed by atoms with Crippen molar-refractivity contribution in [3.05, 3.63) is 21.4 Å². The predicted molar refractivity (Wildman–Crippen MR) is 96.5 cm³/mol. The van der Waals surface area contributed by atoms with Gasteiger partial charge >= 0.3 is 0 Å². The summed E-state index contributed by atoms with van der Waals surface area (Å²) >= 11 is 3.85. The molecule has 0 aliphatic carbocycles. The Morgan fingerprint density at radius 2 is 2.23 bits per heavy atom. The van der Waals surface area contributed by atoms with Crippen molar-refractivity contribution in [3.8, 4) is 0 Å². The van der Waals surface area contributed by atoms with E-state index in [1.54, 1.807) is 4.68 Å². The second-order valence-corrected chi connectivity index (χ2v) is 7.78. The summed E-state index contributed by atoms with van der Waals surface area (Å²) in [5, 5.41) is 7.25. The molecule has 0 saturated heterocycles. The van der Waals surface area contributed by atoms with Crippen LogP contribution in [0.15, 0.2) is 6.07 Å². The molecule has 0 aliphatic heterocycles. The zero-order chi connectivity index (χ0) is 16.1. The molecule has 0 unspecified atom stereocenters. The minimum Gasteiger partial charge on any atom is -0.366 e. The lowest BCUT2D eigenvalue weighted by Gasteiger charge is -2.07. The van der Waals surface area contributed by atoms with Crippen LogP contribution in [0.4, 0.5) is 11.9 Å². The van der Waals surface area contributed by atoms with E-state index in [1.165, 1.54) is 15.3 Å². The average molecular weight is 341 g/mol. The lowest BCUT2D eigenvalue weighted by atomic mass is 10.2. The van der Waals surface area contributed by atoms with Gasteiger partial charge in [-0.2, -0.15) is 16.7 Å². The molecule has 3 N–H and O–H groups in total. The largest absolute Gasteiger partial charge is 0.366 e. The monoisotopic (exact) mass is 340 g/mol. The number of nitrogens with two attached hydrogens (primary N) is 1. The summed E-state index contributed by atoms with van der Waals surface area (Å²) in [6.45, 7) is 4.07. The fourth-order valence-corrected chi connectivity index (χ4v) is 4.33. The highest BCUT2D eigenvalue weighted by atomic mass is 32.2. The van der Waals surface area contributed by atoms with E-state index in [9.17, 15) is 0 Å². The van der Waals surface area contributed by atoms with E-state index in [0.717, 1.165) is 30.5 Å². The van der Waals surface area contributed by atoms with Crippen molar-refractivity contribution in [3.63, 3.8) is 0 Å². The van der Waals surface area contributed by atoms with Crippen LogP contribution in [0, 0.1) is 6.92 Å². The van der Waals surface area contributed by atoms with Gasteiger partial charge in [0, 0.05) is 41.4 Å². The van der Waals surface area contributed by atoms with E-state index in [1.807, 2.05) is 30.1 Å². The molecule has 2 heterocycles. The first kappa shape index (κ1) is 17.1. The Kier molecular flexibility index (Phi) is 6.10. The summed E-state index contributed by atoms with van der Waals surface area (Å²) in [7, 11) is 6.05. The van der Waals surface area contributed by atoms with Crippen LogP contribution in [-0.4, -0.2) is 46.1 Å². The molecule has 0 bridgehead atoms. The number of nitrogens with one attached hydrogen (secondary N) is 1. The second kappa shape index (κ2) is 7.85. The van der Waals surface area contributed by atoms with E-state index in [4.69, 9.17) is 5.73 Å². The molecular weight excluding hydrogens is 316 g/mol. The minimum atomic E-state index is 0.306. The molecule has 0 radical (unpaired) electrons. The third-order valence-corrected chi connectivity index (χ3v) is 5.50. The lowest BCUT2D eigenvalue weighted by molar-refractivity contribution is 0.405. The number of hydrogen-bond acceptors (Lipinski definition) is 7. The Morgan fingerprint density at radius 1 is 1.45 bits per heavy atom. The van der Waals surface area contributed by atoms with Crippen LogP contribution in [0.1, 0.15) is 15.3 Å². The molecule has 0 aliphatic rings. The van der Waals surface area contributed by atoms with Gasteiger partial charge in [-0.25, -0.2) is 4.68 Å². The van der Waals surface area contributed by atoms with E-state index < -0.39 is 0 Å². The van der Waals surface area contributed by atoms with Crippen LogP contribution < -0.4 is 11.1 Å². The number of hydrogen-bond donors (Lipinski definition) is 2. The highest BCUT2D eigenvalue weighted by molar-refractivity contribution is 7.98. The van der Waals surface area contributed by atoms with Crippen molar-refractivity contribution in [2.75, 3.05) is 37.4 Å². The van der Waals surface area contributed by atoms with Crippen molar-refractivity contribution in [2.45, 2.75) is 19.2 Å². The van der Waals surface area contributed by atoms with Crippen molar-refractivity contribution < 1.29 is 0 Å². The van der Waals surface area contributed by atoms with Gasteiger partial charge in [-0.15, -0.1) is 16.4 Å². The minimum absolute atomic E-state index is 0.306. The fourth-order valence-electron chi connectivity index (χ4n) is 2.07. The standard InChI is InChI=1S/C14H24N6S2/c1-10-7-11(22-12(10)8-19(2)3)9-21-6-5-16-14-17-13(15)18-20(14)4/h7H,5-6,8-9H2,1-4H3,(H3,15,16,17,18). The Balaban J connectivity index is 1.71. The van der Waals surface area contributed by atoms with Gasteiger partial charge in [0.1, 0.15) is 0 Å². The number of aromatic nitrogens is 3. The summed E-state index contributed by atoms with van der Waals surface area (Å²) in [4.78, 5) is 9.24. The lowest BCUT2D eigenvalue weighted by Crippen LogP contribution is -2.09. The summed E-state index contributed by atoms with van der Waals surface area (Å²) in [5.74, 6) is 3.10. The normalized spacial score (nSPS) is 11.3. The number of aryl methyl sites for hydroxylation is 2. The molecule has 0 saturated carbocycles. The topological polar surface area (TPSA) is 72.0 Å². The quantitative estimate of drug-likeness (QED) is 0.718. The summed E-state index contributed by atoms with van der Waals surface area (Å²) in [5.41, 5.74) is 6.95. The molecule has 6 nitrogen and oxygen atoms in total. The maximum absolute atomic E-state index is 5.55. The molecule has 122 valence electrons. The first-order chi connectivity index (χ1) is 10.5. The third-order valence-electron chi connectivity index (χ3n) is 3.08. The van der Waals surface area contributed by atoms with Gasteiger partial charge in [0.15, 0.2) is 0 Å². The summed E-state index contributed by atoms with van der Waals surface area (Å²) in [6, 6.07) is 2.31. The highest BCUT2D eigenvalue weighted by Crippen LogP contribution is 2.26. The van der Waals surface area contributed by atoms with Crippen molar-refractivity contribution in [1.82, 2.24) is 19.7 Å². The Morgan fingerprint density at radius 3 is 2.86 bits per heavy atom. The molecule has 0 aromatic carbocycles. The van der Waals surface area contributed by atoms with Crippen LogP contribution in [-0.2, 0) is 19.3 Å². The van der Waals surface area contributed by atoms with Crippen LogP contribution in [0.25, 0.3) is 0 Å². The van der Waals surface area contributed by atoms with Crippen LogP contribution >= 0.6 is 23.1 Å². The van der Waals surface area contributed by atoms with Crippen molar-refractivity contribution in [2.24, 2.45) is 7.05 Å². The second-order valence-electron chi connectivity index (χ2n) is 5.45. The molecule has 0 spiro atoms. The Bertz CT molecular complexity index is 604. The van der Waals surface area contributed by atoms with Crippen LogP contribution in [0.3, 0.4) is 0 Å². The van der Waals surface area contributed by atoms with E-state index in [-0.39, 0.29) is 0 Å². The Labute approximate surface area is 140 Å². The van der Waals surface area contributed by atoms with Gasteiger partial charge in [0.2, 0.25) is 11.9 Å². The summed E-state index contributed by atoms with van der Waals surface area (Å²) < 4.78 is 1.66.